The molecule has 0 aromatic heterocycles. The van der Waals surface area contributed by atoms with Crippen LogP contribution in [0.25, 0.3) is 0 Å². The minimum atomic E-state index is -1.19. The van der Waals surface area contributed by atoms with Crippen LogP contribution in [0.3, 0.4) is 0 Å². The van der Waals surface area contributed by atoms with Crippen LogP contribution in [0, 0.1) is 0 Å². The Bertz CT molecular complexity index is 385. The third-order valence-electron chi connectivity index (χ3n) is 3.11. The van der Waals surface area contributed by atoms with Crippen LogP contribution in [0.15, 0.2) is 24.3 Å². The van der Waals surface area contributed by atoms with Crippen LogP contribution in [-0.2, 0) is 16.1 Å². The predicted molar refractivity (Wildman–Crippen MR) is 74.7 cm³/mol. The van der Waals surface area contributed by atoms with Gasteiger partial charge in [0.2, 0.25) is 0 Å². The number of nitrogens with zero attached hydrogens (tertiary/aromatic N) is 1. The lowest BCUT2D eigenvalue weighted by Gasteiger charge is -2.18. The molecule has 1 aromatic carbocycles. The molecule has 1 aromatic rings. The molecule has 1 N–H and O–H groups in total. The van der Waals surface area contributed by atoms with E-state index in [1.54, 1.807) is 19.1 Å². The van der Waals surface area contributed by atoms with Gasteiger partial charge >= 0.3 is 5.97 Å². The monoisotopic (exact) mass is 265 g/mol. The lowest BCUT2D eigenvalue weighted by Crippen LogP contribution is -2.22. The number of aliphatic hydroxyl groups excluding tert-OH is 1. The van der Waals surface area contributed by atoms with Crippen molar-refractivity contribution in [3.63, 3.8) is 0 Å². The molecule has 0 aliphatic heterocycles. The lowest BCUT2D eigenvalue weighted by molar-refractivity contribution is -0.153. The van der Waals surface area contributed by atoms with Crippen LogP contribution in [-0.4, -0.2) is 35.7 Å². The summed E-state index contributed by atoms with van der Waals surface area (Å²) in [6.07, 6.45) is -1.19. The molecule has 1 rings (SSSR count). The molecule has 0 spiro atoms. The van der Waals surface area contributed by atoms with Gasteiger partial charge in [-0.05, 0) is 31.1 Å². The number of ether oxygens (including phenoxy) is 1. The lowest BCUT2D eigenvalue weighted by atomic mass is 10.1. The molecule has 0 fully saturated rings. The molecule has 19 heavy (non-hydrogen) atoms. The minimum absolute atomic E-state index is 0.274. The van der Waals surface area contributed by atoms with Gasteiger partial charge < -0.3 is 9.84 Å². The van der Waals surface area contributed by atoms with E-state index in [-0.39, 0.29) is 6.61 Å². The Morgan fingerprint density at radius 3 is 2.26 bits per heavy atom. The molecule has 106 valence electrons. The molecule has 1 unspecified atom stereocenters. The van der Waals surface area contributed by atoms with Crippen molar-refractivity contribution in [3.05, 3.63) is 35.4 Å². The smallest absolute Gasteiger partial charge is 0.339 e. The van der Waals surface area contributed by atoms with Crippen molar-refractivity contribution in [2.75, 3.05) is 19.7 Å². The molecule has 4 heteroatoms. The molecule has 0 heterocycles. The van der Waals surface area contributed by atoms with Gasteiger partial charge in [-0.15, -0.1) is 0 Å². The molecule has 0 radical (unpaired) electrons. The molecular weight excluding hydrogens is 242 g/mol. The van der Waals surface area contributed by atoms with Gasteiger partial charge in [0.1, 0.15) is 0 Å². The highest BCUT2D eigenvalue weighted by atomic mass is 16.5. The highest BCUT2D eigenvalue weighted by molar-refractivity contribution is 5.76. The summed E-state index contributed by atoms with van der Waals surface area (Å²) >= 11 is 0. The zero-order chi connectivity index (χ0) is 14.3. The molecule has 0 bridgehead atoms. The standard InChI is InChI=1S/C15H23NO3/c1-4-16(5-2)11-12-7-9-13(10-8-12)14(17)15(18)19-6-3/h7-10,14,17H,4-6,11H2,1-3H3. The van der Waals surface area contributed by atoms with E-state index in [9.17, 15) is 9.90 Å². The first-order chi connectivity index (χ1) is 9.12. The third-order valence-corrected chi connectivity index (χ3v) is 3.11. The van der Waals surface area contributed by atoms with Crippen molar-refractivity contribution >= 4 is 5.97 Å². The van der Waals surface area contributed by atoms with E-state index in [4.69, 9.17) is 4.74 Å². The second kappa shape index (κ2) is 7.92. The molecule has 1 atom stereocenters. The zero-order valence-electron chi connectivity index (χ0n) is 11.9. The number of carbonyl (C=O) groups is 1. The average molecular weight is 265 g/mol. The summed E-state index contributed by atoms with van der Waals surface area (Å²) in [6, 6.07) is 7.44. The molecule has 4 nitrogen and oxygen atoms in total. The van der Waals surface area contributed by atoms with Crippen molar-refractivity contribution in [3.8, 4) is 0 Å². The van der Waals surface area contributed by atoms with Gasteiger partial charge in [-0.25, -0.2) is 4.79 Å². The predicted octanol–water partition coefficient (Wildman–Crippen LogP) is 2.12. The van der Waals surface area contributed by atoms with Crippen LogP contribution in [0.4, 0.5) is 0 Å². The molecule has 0 saturated carbocycles. The Morgan fingerprint density at radius 1 is 1.21 bits per heavy atom. The van der Waals surface area contributed by atoms with Crippen LogP contribution >= 0.6 is 0 Å². The molecule has 0 aliphatic rings. The van der Waals surface area contributed by atoms with E-state index < -0.39 is 12.1 Å². The number of esters is 1. The normalized spacial score (nSPS) is 12.5. The van der Waals surface area contributed by atoms with E-state index in [0.29, 0.717) is 5.56 Å². The van der Waals surface area contributed by atoms with Gasteiger partial charge in [-0.2, -0.15) is 0 Å². The summed E-state index contributed by atoms with van der Waals surface area (Å²) in [6.45, 7) is 9.13. The fourth-order valence-corrected chi connectivity index (χ4v) is 1.87. The van der Waals surface area contributed by atoms with Crippen molar-refractivity contribution in [1.29, 1.82) is 0 Å². The number of benzene rings is 1. The van der Waals surface area contributed by atoms with Gasteiger partial charge in [0.15, 0.2) is 6.10 Å². The summed E-state index contributed by atoms with van der Waals surface area (Å²) in [4.78, 5) is 13.7. The van der Waals surface area contributed by atoms with Crippen molar-refractivity contribution in [2.45, 2.75) is 33.4 Å². The summed E-state index contributed by atoms with van der Waals surface area (Å²) in [7, 11) is 0. The number of rotatable bonds is 7. The van der Waals surface area contributed by atoms with Gasteiger partial charge in [0.05, 0.1) is 6.61 Å². The molecular formula is C15H23NO3. The van der Waals surface area contributed by atoms with Crippen LogP contribution in [0.2, 0.25) is 0 Å². The maximum Gasteiger partial charge on any atom is 0.339 e. The van der Waals surface area contributed by atoms with Gasteiger partial charge in [-0.3, -0.25) is 4.90 Å². The van der Waals surface area contributed by atoms with E-state index >= 15 is 0 Å². The Hall–Kier alpha value is -1.39. The Balaban J connectivity index is 2.68. The third kappa shape index (κ3) is 4.65. The van der Waals surface area contributed by atoms with E-state index in [0.717, 1.165) is 19.6 Å². The van der Waals surface area contributed by atoms with Gasteiger partial charge in [-0.1, -0.05) is 38.1 Å². The van der Waals surface area contributed by atoms with Crippen molar-refractivity contribution in [2.24, 2.45) is 0 Å². The summed E-state index contributed by atoms with van der Waals surface area (Å²) in [5.41, 5.74) is 1.74. The molecule has 0 aliphatic carbocycles. The van der Waals surface area contributed by atoms with E-state index in [1.807, 2.05) is 12.1 Å². The number of hydrogen-bond acceptors (Lipinski definition) is 4. The van der Waals surface area contributed by atoms with Gasteiger partial charge in [0.25, 0.3) is 0 Å². The number of aliphatic hydroxyl groups is 1. The van der Waals surface area contributed by atoms with Crippen molar-refractivity contribution in [1.82, 2.24) is 4.90 Å². The van der Waals surface area contributed by atoms with Crippen molar-refractivity contribution < 1.29 is 14.6 Å². The Kier molecular flexibility index (Phi) is 6.53. The SMILES string of the molecule is CCOC(=O)C(O)c1ccc(CN(CC)CC)cc1. The highest BCUT2D eigenvalue weighted by Crippen LogP contribution is 2.16. The van der Waals surface area contributed by atoms with Gasteiger partial charge in [0, 0.05) is 6.54 Å². The van der Waals surface area contributed by atoms with E-state index in [2.05, 4.69) is 18.7 Å². The van der Waals surface area contributed by atoms with Crippen LogP contribution in [0.1, 0.15) is 38.0 Å². The number of hydrogen-bond donors (Lipinski definition) is 1. The highest BCUT2D eigenvalue weighted by Gasteiger charge is 2.18. The molecule has 0 amide bonds. The summed E-state index contributed by atoms with van der Waals surface area (Å²) in [5.74, 6) is -0.598. The Morgan fingerprint density at radius 2 is 1.79 bits per heavy atom. The fourth-order valence-electron chi connectivity index (χ4n) is 1.87. The first-order valence-corrected chi connectivity index (χ1v) is 6.78. The quantitative estimate of drug-likeness (QED) is 0.767. The van der Waals surface area contributed by atoms with Crippen LogP contribution in [0.5, 0.6) is 0 Å². The maximum absolute atomic E-state index is 11.4. The minimum Gasteiger partial charge on any atom is -0.464 e. The maximum atomic E-state index is 11.4. The average Bonchev–Trinajstić information content (AvgIpc) is 2.45. The Labute approximate surface area is 115 Å². The topological polar surface area (TPSA) is 49.8 Å². The number of carbonyl (C=O) groups excluding carboxylic acids is 1. The second-order valence-electron chi connectivity index (χ2n) is 4.36. The largest absolute Gasteiger partial charge is 0.464 e. The zero-order valence-corrected chi connectivity index (χ0v) is 11.9. The van der Waals surface area contributed by atoms with Crippen LogP contribution < -0.4 is 0 Å². The van der Waals surface area contributed by atoms with E-state index in [1.165, 1.54) is 5.56 Å². The first-order valence-electron chi connectivity index (χ1n) is 6.78. The summed E-state index contributed by atoms with van der Waals surface area (Å²) < 4.78 is 4.79. The second-order valence-corrected chi connectivity index (χ2v) is 4.36. The molecule has 0 saturated heterocycles. The fraction of sp³-hybridized carbons (Fsp3) is 0.533. The first kappa shape index (κ1) is 15.7. The summed E-state index contributed by atoms with van der Waals surface area (Å²) in [5, 5.41) is 9.80.